The van der Waals surface area contributed by atoms with Gasteiger partial charge in [0.25, 0.3) is 0 Å². The van der Waals surface area contributed by atoms with E-state index >= 15 is 0 Å². The van der Waals surface area contributed by atoms with Gasteiger partial charge in [-0.2, -0.15) is 0 Å². The van der Waals surface area contributed by atoms with Crippen molar-refractivity contribution in [1.29, 1.82) is 0 Å². The van der Waals surface area contributed by atoms with Crippen LogP contribution in [0.3, 0.4) is 0 Å². The monoisotopic (exact) mass is 747 g/mol. The summed E-state index contributed by atoms with van der Waals surface area (Å²) >= 11 is 0. The zero-order chi connectivity index (χ0) is 38.8. The van der Waals surface area contributed by atoms with E-state index in [1.54, 1.807) is 13.8 Å². The molecule has 0 aromatic carbocycles. The SMILES string of the molecule is CC(=O)CC[C@@H](C)[C@H]1CC[C@H]2[C@@H]3CC[C@@H]4C[C@H](C)CC[C@]4(C)[C@H]3CC[C@]12C.CC(=O)CC[C@@H](C)[C@H]1CC[C@H]2[C@@H]3CC[C@@H]4C[C@H](O)CC[C@]4(C)[C@H]3CC[C@]12C. The highest BCUT2D eigenvalue weighted by molar-refractivity contribution is 5.75. The third-order valence-corrected chi connectivity index (χ3v) is 21.0. The number of hydrogen-bond acceptors (Lipinski definition) is 3. The largest absolute Gasteiger partial charge is 0.393 e. The molecule has 8 aliphatic carbocycles. The lowest BCUT2D eigenvalue weighted by atomic mass is 9.44. The van der Waals surface area contributed by atoms with Crippen molar-refractivity contribution in [1.82, 2.24) is 0 Å². The summed E-state index contributed by atoms with van der Waals surface area (Å²) in [6.07, 6.45) is 28.9. The predicted octanol–water partition coefficient (Wildman–Crippen LogP) is 13.3. The number of carbonyl (C=O) groups excluding carboxylic acids is 2. The Morgan fingerprint density at radius 3 is 1.41 bits per heavy atom. The first-order valence-electron chi connectivity index (χ1n) is 24.2. The predicted molar refractivity (Wildman–Crippen MR) is 224 cm³/mol. The molecular formula is C51H86O3. The molecule has 0 heterocycles. The lowest BCUT2D eigenvalue weighted by molar-refractivity contribution is -0.129. The normalized spacial score (nSPS) is 50.4. The van der Waals surface area contributed by atoms with Crippen LogP contribution in [-0.2, 0) is 9.59 Å². The van der Waals surface area contributed by atoms with Crippen LogP contribution in [0, 0.1) is 98.6 Å². The first-order chi connectivity index (χ1) is 25.5. The van der Waals surface area contributed by atoms with Gasteiger partial charge in [0.2, 0.25) is 0 Å². The van der Waals surface area contributed by atoms with E-state index in [4.69, 9.17) is 0 Å². The number of aliphatic hydroxyl groups is 1. The fourth-order valence-corrected chi connectivity index (χ4v) is 17.9. The smallest absolute Gasteiger partial charge is 0.129 e. The fraction of sp³-hybridized carbons (Fsp3) is 0.961. The Balaban J connectivity index is 0.000000167. The quantitative estimate of drug-likeness (QED) is 0.269. The Morgan fingerprint density at radius 2 is 0.944 bits per heavy atom. The molecule has 54 heavy (non-hydrogen) atoms. The Hall–Kier alpha value is -0.700. The minimum Gasteiger partial charge on any atom is -0.393 e. The van der Waals surface area contributed by atoms with Gasteiger partial charge in [0.05, 0.1) is 6.10 Å². The maximum absolute atomic E-state index is 11.5. The molecule has 0 bridgehead atoms. The van der Waals surface area contributed by atoms with E-state index in [-0.39, 0.29) is 6.10 Å². The van der Waals surface area contributed by atoms with Crippen LogP contribution in [0.1, 0.15) is 204 Å². The molecular weight excluding hydrogens is 661 g/mol. The third-order valence-electron chi connectivity index (χ3n) is 21.0. The minimum atomic E-state index is -0.0357. The zero-order valence-corrected chi connectivity index (χ0v) is 36.9. The fourth-order valence-electron chi connectivity index (χ4n) is 17.9. The van der Waals surface area contributed by atoms with Gasteiger partial charge in [-0.15, -0.1) is 0 Å². The highest BCUT2D eigenvalue weighted by Gasteiger charge is 2.62. The summed E-state index contributed by atoms with van der Waals surface area (Å²) in [7, 11) is 0. The van der Waals surface area contributed by atoms with Crippen LogP contribution in [0.5, 0.6) is 0 Å². The summed E-state index contributed by atoms with van der Waals surface area (Å²) in [5.41, 5.74) is 2.20. The zero-order valence-electron chi connectivity index (χ0n) is 36.9. The molecule has 0 unspecified atom stereocenters. The minimum absolute atomic E-state index is 0.0357. The summed E-state index contributed by atoms with van der Waals surface area (Å²) in [4.78, 5) is 23.0. The lowest BCUT2D eigenvalue weighted by Gasteiger charge is -2.61. The molecule has 8 rings (SSSR count). The Morgan fingerprint density at radius 1 is 0.537 bits per heavy atom. The van der Waals surface area contributed by atoms with Crippen molar-refractivity contribution in [3.8, 4) is 0 Å². The van der Waals surface area contributed by atoms with Gasteiger partial charge < -0.3 is 14.7 Å². The standard InChI is InChI=1S/C26H44O.C25H42O2/c1-17-12-14-25(4)20(16-17)8-9-21-23-11-10-22(18(2)6-7-19(3)27)26(23,5)15-13-24(21)25;1-16(5-6-17(2)26)21-9-10-22-20-8-7-18-15-19(27)11-13-24(18,3)23(20)12-14-25(21,22)4/h17-18,20-24H,6-16H2,1-5H3;16,18-23,27H,5-15H2,1-4H3/t17-,18-,20-,21+,22-,23+,24+,25+,26-;16-,18-,19-,20+,21-,22+,23+,24+,25-/m11/s1. The Labute approximate surface area is 333 Å². The molecule has 0 radical (unpaired) electrons. The first kappa shape index (κ1) is 41.5. The molecule has 18 atom stereocenters. The average Bonchev–Trinajstić information content (AvgIpc) is 3.67. The molecule has 308 valence electrons. The maximum atomic E-state index is 11.5. The van der Waals surface area contributed by atoms with Crippen molar-refractivity contribution >= 4 is 11.6 Å². The third kappa shape index (κ3) is 7.30. The van der Waals surface area contributed by atoms with Crippen LogP contribution in [0.25, 0.3) is 0 Å². The number of aliphatic hydroxyl groups excluding tert-OH is 1. The van der Waals surface area contributed by atoms with Crippen LogP contribution in [0.4, 0.5) is 0 Å². The van der Waals surface area contributed by atoms with Crippen molar-refractivity contribution in [3.63, 3.8) is 0 Å². The molecule has 0 saturated heterocycles. The summed E-state index contributed by atoms with van der Waals surface area (Å²) < 4.78 is 0. The molecule has 3 nitrogen and oxygen atoms in total. The Bertz CT molecular complexity index is 1240. The first-order valence-corrected chi connectivity index (χ1v) is 24.2. The van der Waals surface area contributed by atoms with Crippen LogP contribution in [-0.4, -0.2) is 22.8 Å². The number of hydrogen-bond donors (Lipinski definition) is 1. The van der Waals surface area contributed by atoms with E-state index < -0.39 is 0 Å². The molecule has 8 saturated carbocycles. The summed E-state index contributed by atoms with van der Waals surface area (Å²) in [6.45, 7) is 21.5. The van der Waals surface area contributed by atoms with E-state index in [9.17, 15) is 14.7 Å². The van der Waals surface area contributed by atoms with Crippen molar-refractivity contribution in [2.45, 2.75) is 210 Å². The van der Waals surface area contributed by atoms with Gasteiger partial charge in [-0.1, -0.05) is 54.9 Å². The van der Waals surface area contributed by atoms with E-state index in [0.29, 0.717) is 39.1 Å². The summed E-state index contributed by atoms with van der Waals surface area (Å²) in [5.74, 6) is 12.3. The maximum Gasteiger partial charge on any atom is 0.129 e. The van der Waals surface area contributed by atoms with E-state index in [1.807, 2.05) is 0 Å². The second kappa shape index (κ2) is 15.8. The molecule has 3 heteroatoms. The van der Waals surface area contributed by atoms with E-state index in [1.165, 1.54) is 103 Å². The van der Waals surface area contributed by atoms with Crippen LogP contribution >= 0.6 is 0 Å². The second-order valence-corrected chi connectivity index (χ2v) is 23.5. The van der Waals surface area contributed by atoms with Crippen LogP contribution < -0.4 is 0 Å². The summed E-state index contributed by atoms with van der Waals surface area (Å²) in [6, 6.07) is 0. The molecule has 0 spiro atoms. The van der Waals surface area contributed by atoms with Crippen LogP contribution in [0.15, 0.2) is 0 Å². The van der Waals surface area contributed by atoms with Gasteiger partial charge in [-0.05, 0) is 234 Å². The van der Waals surface area contributed by atoms with Gasteiger partial charge in [-0.3, -0.25) is 0 Å². The van der Waals surface area contributed by atoms with Gasteiger partial charge in [-0.25, -0.2) is 0 Å². The van der Waals surface area contributed by atoms with Gasteiger partial charge >= 0.3 is 0 Å². The molecule has 0 amide bonds. The van der Waals surface area contributed by atoms with Crippen molar-refractivity contribution < 1.29 is 14.7 Å². The molecule has 0 aromatic heterocycles. The lowest BCUT2D eigenvalue weighted by Crippen LogP contribution is -2.54. The number of ketones is 2. The highest BCUT2D eigenvalue weighted by Crippen LogP contribution is 2.70. The molecule has 1 N–H and O–H groups in total. The number of Topliss-reactive ketones (excluding diaryl/α,β-unsaturated/α-hetero) is 2. The summed E-state index contributed by atoms with van der Waals surface area (Å²) in [5, 5.41) is 10.2. The molecule has 8 aliphatic rings. The molecule has 0 aromatic rings. The number of rotatable bonds is 8. The average molecular weight is 747 g/mol. The van der Waals surface area contributed by atoms with Crippen molar-refractivity contribution in [3.05, 3.63) is 0 Å². The topological polar surface area (TPSA) is 54.4 Å². The van der Waals surface area contributed by atoms with Gasteiger partial charge in [0, 0.05) is 12.8 Å². The highest BCUT2D eigenvalue weighted by atomic mass is 16.3. The van der Waals surface area contributed by atoms with Gasteiger partial charge in [0.15, 0.2) is 0 Å². The van der Waals surface area contributed by atoms with Crippen LogP contribution in [0.2, 0.25) is 0 Å². The van der Waals surface area contributed by atoms with E-state index in [2.05, 4.69) is 48.5 Å². The molecule has 8 fully saturated rings. The second-order valence-electron chi connectivity index (χ2n) is 23.5. The number of fused-ring (bicyclic) bond motifs is 10. The van der Waals surface area contributed by atoms with Crippen molar-refractivity contribution in [2.24, 2.45) is 98.6 Å². The van der Waals surface area contributed by atoms with Crippen molar-refractivity contribution in [2.75, 3.05) is 0 Å². The van der Waals surface area contributed by atoms with Gasteiger partial charge in [0.1, 0.15) is 11.6 Å². The Kier molecular flexibility index (Phi) is 12.1. The van der Waals surface area contributed by atoms with E-state index in [0.717, 1.165) is 110 Å². The molecule has 0 aliphatic heterocycles. The number of carbonyl (C=O) groups is 2.